The summed E-state index contributed by atoms with van der Waals surface area (Å²) < 4.78 is 0. The monoisotopic (exact) mass is 272 g/mol. The normalized spacial score (nSPS) is 10.9. The van der Waals surface area contributed by atoms with Gasteiger partial charge in [0.2, 0.25) is 0 Å². The number of carbonyl (C=O) groups excluding carboxylic acids is 1. The van der Waals surface area contributed by atoms with Crippen molar-refractivity contribution in [1.29, 1.82) is 0 Å². The van der Waals surface area contributed by atoms with E-state index in [0.717, 1.165) is 23.7 Å². The first-order valence-electron chi connectivity index (χ1n) is 6.65. The first-order chi connectivity index (χ1) is 9.59. The molecule has 0 saturated carbocycles. The van der Waals surface area contributed by atoms with E-state index >= 15 is 0 Å². The van der Waals surface area contributed by atoms with E-state index in [1.807, 2.05) is 38.4 Å². The van der Waals surface area contributed by atoms with Gasteiger partial charge >= 0.3 is 0 Å². The van der Waals surface area contributed by atoms with Crippen molar-refractivity contribution in [1.82, 2.24) is 15.2 Å². The van der Waals surface area contributed by atoms with Crippen LogP contribution in [0.15, 0.2) is 30.5 Å². The molecule has 106 valence electrons. The average molecular weight is 272 g/mol. The van der Waals surface area contributed by atoms with Crippen molar-refractivity contribution in [3.8, 4) is 0 Å². The maximum absolute atomic E-state index is 12.2. The van der Waals surface area contributed by atoms with Crippen LogP contribution in [0.3, 0.4) is 0 Å². The molecule has 2 rings (SSSR count). The molecule has 0 saturated heterocycles. The molecule has 1 aromatic heterocycles. The van der Waals surface area contributed by atoms with E-state index in [-0.39, 0.29) is 5.91 Å². The van der Waals surface area contributed by atoms with Crippen LogP contribution in [0.25, 0.3) is 10.8 Å². The first kappa shape index (κ1) is 14.3. The van der Waals surface area contributed by atoms with Crippen molar-refractivity contribution in [2.75, 3.05) is 32.9 Å². The van der Waals surface area contributed by atoms with Gasteiger partial charge in [0.05, 0.1) is 5.56 Å². The van der Waals surface area contributed by atoms with Gasteiger partial charge in [-0.1, -0.05) is 24.3 Å². The lowest BCUT2D eigenvalue weighted by molar-refractivity contribution is 0.0953. The second-order valence-electron chi connectivity index (χ2n) is 5.02. The number of nitrogen functional groups attached to an aromatic ring is 1. The predicted molar refractivity (Wildman–Crippen MR) is 81.7 cm³/mol. The Bertz CT molecular complexity index is 610. The molecule has 0 bridgehead atoms. The molecule has 0 unspecified atom stereocenters. The average Bonchev–Trinajstić information content (AvgIpc) is 2.44. The first-order valence-corrected chi connectivity index (χ1v) is 6.65. The molecule has 0 spiro atoms. The van der Waals surface area contributed by atoms with Crippen LogP contribution in [-0.4, -0.2) is 43.0 Å². The van der Waals surface area contributed by atoms with E-state index < -0.39 is 0 Å². The lowest BCUT2D eigenvalue weighted by atomic mass is 10.1. The number of nitrogens with two attached hydrogens (primary N) is 1. The molecule has 0 aliphatic rings. The minimum absolute atomic E-state index is 0.104. The smallest absolute Gasteiger partial charge is 0.253 e. The van der Waals surface area contributed by atoms with E-state index in [4.69, 9.17) is 5.73 Å². The SMILES string of the molecule is CN(C)CCCNC(=O)c1cnc(N)c2ccccc12. The molecule has 1 amide bonds. The number of hydrogen-bond donors (Lipinski definition) is 2. The van der Waals surface area contributed by atoms with Crippen molar-refractivity contribution in [3.63, 3.8) is 0 Å². The van der Waals surface area contributed by atoms with E-state index in [9.17, 15) is 4.79 Å². The zero-order valence-electron chi connectivity index (χ0n) is 11.9. The number of aromatic nitrogens is 1. The Labute approximate surface area is 118 Å². The van der Waals surface area contributed by atoms with Crippen LogP contribution < -0.4 is 11.1 Å². The maximum atomic E-state index is 12.2. The van der Waals surface area contributed by atoms with Crippen molar-refractivity contribution < 1.29 is 4.79 Å². The number of amides is 1. The largest absolute Gasteiger partial charge is 0.383 e. The molecule has 3 N–H and O–H groups in total. The molecular formula is C15H20N4O. The van der Waals surface area contributed by atoms with Crippen LogP contribution in [0, 0.1) is 0 Å². The minimum atomic E-state index is -0.104. The fourth-order valence-corrected chi connectivity index (χ4v) is 2.09. The Kier molecular flexibility index (Phi) is 4.53. The standard InChI is InChI=1S/C15H20N4O/c1-19(2)9-5-8-17-15(20)13-10-18-14(16)12-7-4-3-6-11(12)13/h3-4,6-7,10H,5,8-9H2,1-2H3,(H2,16,18)(H,17,20). The number of rotatable bonds is 5. The third-order valence-corrected chi connectivity index (χ3v) is 3.14. The number of fused-ring (bicyclic) bond motifs is 1. The van der Waals surface area contributed by atoms with Crippen molar-refractivity contribution in [2.45, 2.75) is 6.42 Å². The lowest BCUT2D eigenvalue weighted by Gasteiger charge is -2.11. The topological polar surface area (TPSA) is 71.2 Å². The van der Waals surface area contributed by atoms with Gasteiger partial charge in [0.15, 0.2) is 0 Å². The Hall–Kier alpha value is -2.14. The molecule has 0 aliphatic heterocycles. The van der Waals surface area contributed by atoms with Gasteiger partial charge in [-0.2, -0.15) is 0 Å². The molecule has 5 nitrogen and oxygen atoms in total. The summed E-state index contributed by atoms with van der Waals surface area (Å²) in [6.45, 7) is 1.59. The zero-order valence-corrected chi connectivity index (χ0v) is 11.9. The Balaban J connectivity index is 2.12. The summed E-state index contributed by atoms with van der Waals surface area (Å²) in [5.41, 5.74) is 6.40. The van der Waals surface area contributed by atoms with E-state index in [2.05, 4.69) is 15.2 Å². The molecule has 0 aliphatic carbocycles. The molecule has 1 heterocycles. The number of nitrogens with zero attached hydrogens (tertiary/aromatic N) is 2. The van der Waals surface area contributed by atoms with Gasteiger partial charge in [0.1, 0.15) is 5.82 Å². The van der Waals surface area contributed by atoms with Crippen LogP contribution in [0.1, 0.15) is 16.8 Å². The highest BCUT2D eigenvalue weighted by Crippen LogP contribution is 2.22. The van der Waals surface area contributed by atoms with Gasteiger partial charge in [-0.3, -0.25) is 4.79 Å². The molecule has 20 heavy (non-hydrogen) atoms. The van der Waals surface area contributed by atoms with Crippen LogP contribution in [0.2, 0.25) is 0 Å². The maximum Gasteiger partial charge on any atom is 0.253 e. The third kappa shape index (κ3) is 3.24. The van der Waals surface area contributed by atoms with E-state index in [0.29, 0.717) is 17.9 Å². The molecule has 0 fully saturated rings. The minimum Gasteiger partial charge on any atom is -0.383 e. The molecular weight excluding hydrogens is 252 g/mol. The van der Waals surface area contributed by atoms with E-state index in [1.165, 1.54) is 0 Å². The summed E-state index contributed by atoms with van der Waals surface area (Å²) in [4.78, 5) is 18.4. The lowest BCUT2D eigenvalue weighted by Crippen LogP contribution is -2.27. The van der Waals surface area contributed by atoms with Gasteiger partial charge in [0.25, 0.3) is 5.91 Å². The van der Waals surface area contributed by atoms with Crippen LogP contribution >= 0.6 is 0 Å². The quantitative estimate of drug-likeness (QED) is 0.809. The zero-order chi connectivity index (χ0) is 14.5. The summed E-state index contributed by atoms with van der Waals surface area (Å²) in [6, 6.07) is 7.55. The van der Waals surface area contributed by atoms with Crippen molar-refractivity contribution in [2.24, 2.45) is 0 Å². The molecule has 1 aromatic carbocycles. The van der Waals surface area contributed by atoms with Crippen LogP contribution in [0.5, 0.6) is 0 Å². The summed E-state index contributed by atoms with van der Waals surface area (Å²) in [6.07, 6.45) is 2.46. The summed E-state index contributed by atoms with van der Waals surface area (Å²) in [7, 11) is 4.03. The van der Waals surface area contributed by atoms with Gasteiger partial charge in [-0.25, -0.2) is 4.98 Å². The summed E-state index contributed by atoms with van der Waals surface area (Å²) in [5, 5.41) is 4.57. The Morgan fingerprint density at radius 3 is 2.70 bits per heavy atom. The molecule has 0 atom stereocenters. The van der Waals surface area contributed by atoms with Gasteiger partial charge in [-0.05, 0) is 32.4 Å². The van der Waals surface area contributed by atoms with Crippen molar-refractivity contribution in [3.05, 3.63) is 36.0 Å². The fraction of sp³-hybridized carbons (Fsp3) is 0.333. The number of nitrogens with one attached hydrogen (secondary N) is 1. The van der Waals surface area contributed by atoms with E-state index in [1.54, 1.807) is 6.20 Å². The second-order valence-corrected chi connectivity index (χ2v) is 5.02. The number of benzene rings is 1. The third-order valence-electron chi connectivity index (χ3n) is 3.14. The summed E-state index contributed by atoms with van der Waals surface area (Å²) in [5.74, 6) is 0.345. The highest BCUT2D eigenvalue weighted by atomic mass is 16.1. The highest BCUT2D eigenvalue weighted by Gasteiger charge is 2.11. The molecule has 5 heteroatoms. The van der Waals surface area contributed by atoms with Gasteiger partial charge in [-0.15, -0.1) is 0 Å². The molecule has 0 radical (unpaired) electrons. The number of hydrogen-bond acceptors (Lipinski definition) is 4. The van der Waals surface area contributed by atoms with Gasteiger partial charge in [0, 0.05) is 18.1 Å². The van der Waals surface area contributed by atoms with Crippen LogP contribution in [0.4, 0.5) is 5.82 Å². The van der Waals surface area contributed by atoms with Crippen LogP contribution in [-0.2, 0) is 0 Å². The Morgan fingerprint density at radius 1 is 1.30 bits per heavy atom. The highest BCUT2D eigenvalue weighted by molar-refractivity contribution is 6.08. The fourth-order valence-electron chi connectivity index (χ4n) is 2.09. The Morgan fingerprint density at radius 2 is 2.00 bits per heavy atom. The molecule has 2 aromatic rings. The predicted octanol–water partition coefficient (Wildman–Crippen LogP) is 1.50. The number of anilines is 1. The second kappa shape index (κ2) is 6.34. The summed E-state index contributed by atoms with van der Waals surface area (Å²) >= 11 is 0. The number of carbonyl (C=O) groups is 1. The van der Waals surface area contributed by atoms with Gasteiger partial charge < -0.3 is 16.0 Å². The number of pyridine rings is 1. The van der Waals surface area contributed by atoms with Crippen molar-refractivity contribution >= 4 is 22.5 Å².